The summed E-state index contributed by atoms with van der Waals surface area (Å²) in [4.78, 5) is 26.0. The van der Waals surface area contributed by atoms with Crippen LogP contribution in [0.25, 0.3) is 16.6 Å². The molecule has 0 aliphatic heterocycles. The van der Waals surface area contributed by atoms with E-state index in [0.717, 1.165) is 47.2 Å². The molecule has 2 aromatic carbocycles. The quantitative estimate of drug-likeness (QED) is 0.491. The molecular formula is C25H25N5O2. The molecule has 1 fully saturated rings. The fourth-order valence-corrected chi connectivity index (χ4v) is 4.03. The van der Waals surface area contributed by atoms with Gasteiger partial charge in [0, 0.05) is 17.8 Å². The van der Waals surface area contributed by atoms with Gasteiger partial charge < -0.3 is 5.32 Å². The molecule has 32 heavy (non-hydrogen) atoms. The molecule has 1 N–H and O–H groups in total. The van der Waals surface area contributed by atoms with Crippen LogP contribution >= 0.6 is 0 Å². The summed E-state index contributed by atoms with van der Waals surface area (Å²) in [6, 6.07) is 17.8. The second-order valence-corrected chi connectivity index (χ2v) is 8.31. The Morgan fingerprint density at radius 3 is 2.59 bits per heavy atom. The number of aromatic nitrogens is 4. The summed E-state index contributed by atoms with van der Waals surface area (Å²) in [7, 11) is 0. The summed E-state index contributed by atoms with van der Waals surface area (Å²) < 4.78 is 2.98. The zero-order chi connectivity index (χ0) is 22.1. The number of carbonyl (C=O) groups excluding carboxylic acids is 1. The van der Waals surface area contributed by atoms with E-state index in [-0.39, 0.29) is 18.0 Å². The minimum absolute atomic E-state index is 0.109. The highest BCUT2D eigenvalue weighted by molar-refractivity contribution is 5.83. The first-order valence-electron chi connectivity index (χ1n) is 11.0. The monoisotopic (exact) mass is 427 g/mol. The smallest absolute Gasteiger partial charge is 0.293 e. The fourth-order valence-electron chi connectivity index (χ4n) is 4.03. The van der Waals surface area contributed by atoms with Crippen molar-refractivity contribution in [2.75, 3.05) is 6.54 Å². The number of benzene rings is 2. The van der Waals surface area contributed by atoms with Gasteiger partial charge in [-0.05, 0) is 43.4 Å². The summed E-state index contributed by atoms with van der Waals surface area (Å²) in [5.41, 5.74) is 4.06. The van der Waals surface area contributed by atoms with Gasteiger partial charge in [-0.25, -0.2) is 9.36 Å². The summed E-state index contributed by atoms with van der Waals surface area (Å²) in [6.07, 6.45) is 4.55. The van der Waals surface area contributed by atoms with E-state index in [4.69, 9.17) is 0 Å². The van der Waals surface area contributed by atoms with Crippen LogP contribution in [0.2, 0.25) is 0 Å². The molecule has 2 heterocycles. The predicted octanol–water partition coefficient (Wildman–Crippen LogP) is 3.13. The SMILES string of the molecule is Cc1ccccc1-n1ncc2c(C3CC3)nn(CC(=O)NCCc3ccccc3)c(=O)c21. The topological polar surface area (TPSA) is 81.8 Å². The van der Waals surface area contributed by atoms with Crippen LogP contribution in [-0.2, 0) is 17.8 Å². The molecule has 0 unspecified atom stereocenters. The second kappa shape index (κ2) is 8.42. The second-order valence-electron chi connectivity index (χ2n) is 8.31. The van der Waals surface area contributed by atoms with Gasteiger partial charge in [0.05, 0.1) is 17.6 Å². The van der Waals surface area contributed by atoms with E-state index in [1.165, 1.54) is 4.68 Å². The molecule has 1 amide bonds. The van der Waals surface area contributed by atoms with Crippen LogP contribution in [0.5, 0.6) is 0 Å². The molecule has 162 valence electrons. The largest absolute Gasteiger partial charge is 0.354 e. The third-order valence-electron chi connectivity index (χ3n) is 5.89. The highest BCUT2D eigenvalue weighted by Gasteiger charge is 2.30. The lowest BCUT2D eigenvalue weighted by molar-refractivity contribution is -0.121. The van der Waals surface area contributed by atoms with Gasteiger partial charge >= 0.3 is 0 Å². The van der Waals surface area contributed by atoms with Crippen molar-refractivity contribution in [3.63, 3.8) is 0 Å². The number of para-hydroxylation sites is 1. The average molecular weight is 428 g/mol. The van der Waals surface area contributed by atoms with Gasteiger partial charge in [-0.1, -0.05) is 48.5 Å². The van der Waals surface area contributed by atoms with Crippen LogP contribution < -0.4 is 10.9 Å². The summed E-state index contributed by atoms with van der Waals surface area (Å²) >= 11 is 0. The molecule has 2 aromatic heterocycles. The van der Waals surface area contributed by atoms with Gasteiger partial charge in [0.15, 0.2) is 0 Å². The molecule has 5 rings (SSSR count). The van der Waals surface area contributed by atoms with Crippen molar-refractivity contribution in [1.82, 2.24) is 24.9 Å². The molecule has 0 bridgehead atoms. The maximum atomic E-state index is 13.4. The van der Waals surface area contributed by atoms with E-state index < -0.39 is 0 Å². The van der Waals surface area contributed by atoms with Crippen LogP contribution in [-0.4, -0.2) is 32.0 Å². The Morgan fingerprint density at radius 2 is 1.84 bits per heavy atom. The van der Waals surface area contributed by atoms with Gasteiger partial charge in [0.25, 0.3) is 5.56 Å². The first kappa shape index (κ1) is 20.2. The van der Waals surface area contributed by atoms with Crippen molar-refractivity contribution in [3.05, 3.63) is 88.0 Å². The lowest BCUT2D eigenvalue weighted by Crippen LogP contribution is -2.35. The molecular weight excluding hydrogens is 402 g/mol. The van der Waals surface area contributed by atoms with Crippen molar-refractivity contribution in [1.29, 1.82) is 0 Å². The molecule has 0 spiro atoms. The maximum absolute atomic E-state index is 13.4. The zero-order valence-corrected chi connectivity index (χ0v) is 18.0. The van der Waals surface area contributed by atoms with E-state index in [9.17, 15) is 9.59 Å². The number of fused-ring (bicyclic) bond motifs is 1. The lowest BCUT2D eigenvalue weighted by Gasteiger charge is -2.11. The number of hydrogen-bond donors (Lipinski definition) is 1. The molecule has 1 saturated carbocycles. The van der Waals surface area contributed by atoms with Crippen molar-refractivity contribution in [2.24, 2.45) is 0 Å². The normalized spacial score (nSPS) is 13.4. The van der Waals surface area contributed by atoms with E-state index in [2.05, 4.69) is 15.5 Å². The lowest BCUT2D eigenvalue weighted by atomic mass is 10.1. The predicted molar refractivity (Wildman–Crippen MR) is 123 cm³/mol. The molecule has 0 saturated heterocycles. The minimum atomic E-state index is -0.302. The van der Waals surface area contributed by atoms with Gasteiger partial charge in [0.1, 0.15) is 12.1 Å². The van der Waals surface area contributed by atoms with Gasteiger partial charge in [-0.2, -0.15) is 10.2 Å². The number of aryl methyl sites for hydroxylation is 1. The van der Waals surface area contributed by atoms with E-state index >= 15 is 0 Å². The summed E-state index contributed by atoms with van der Waals surface area (Å²) in [5.74, 6) is 0.0959. The Bertz CT molecular complexity index is 1340. The summed E-state index contributed by atoms with van der Waals surface area (Å²) in [6.45, 7) is 2.39. The first-order chi connectivity index (χ1) is 15.6. The van der Waals surface area contributed by atoms with Gasteiger partial charge in [0.2, 0.25) is 5.91 Å². The third kappa shape index (κ3) is 3.93. The fraction of sp³-hybridized carbons (Fsp3) is 0.280. The first-order valence-corrected chi connectivity index (χ1v) is 11.0. The Morgan fingerprint density at radius 1 is 1.09 bits per heavy atom. The van der Waals surface area contributed by atoms with Crippen LogP contribution in [0.3, 0.4) is 0 Å². The number of rotatable bonds is 7. The van der Waals surface area contributed by atoms with E-state index in [0.29, 0.717) is 18.0 Å². The van der Waals surface area contributed by atoms with E-state index in [1.54, 1.807) is 10.9 Å². The standard InChI is InChI=1S/C25H25N5O2/c1-17-7-5-6-10-21(17)30-24-20(15-27-30)23(19-11-12-19)28-29(25(24)32)16-22(31)26-14-13-18-8-3-2-4-9-18/h2-10,15,19H,11-14,16H2,1H3,(H,26,31). The third-order valence-corrected chi connectivity index (χ3v) is 5.89. The molecule has 4 aromatic rings. The number of nitrogens with one attached hydrogen (secondary N) is 1. The minimum Gasteiger partial charge on any atom is -0.354 e. The van der Waals surface area contributed by atoms with E-state index in [1.807, 2.05) is 61.5 Å². The Hall–Kier alpha value is -3.74. The van der Waals surface area contributed by atoms with Gasteiger partial charge in [-0.15, -0.1) is 0 Å². The Labute approximate surface area is 185 Å². The van der Waals surface area contributed by atoms with Crippen LogP contribution in [0.4, 0.5) is 0 Å². The van der Waals surface area contributed by atoms with Crippen molar-refractivity contribution in [2.45, 2.75) is 38.6 Å². The zero-order valence-electron chi connectivity index (χ0n) is 18.0. The van der Waals surface area contributed by atoms with Crippen molar-refractivity contribution >= 4 is 16.8 Å². The maximum Gasteiger partial charge on any atom is 0.293 e. The molecule has 7 nitrogen and oxygen atoms in total. The number of amides is 1. The Balaban J connectivity index is 1.45. The molecule has 0 atom stereocenters. The number of hydrogen-bond acceptors (Lipinski definition) is 4. The van der Waals surface area contributed by atoms with Gasteiger partial charge in [-0.3, -0.25) is 9.59 Å². The Kier molecular flexibility index (Phi) is 5.31. The van der Waals surface area contributed by atoms with Crippen LogP contribution in [0.1, 0.15) is 35.6 Å². The highest BCUT2D eigenvalue weighted by atomic mass is 16.2. The number of nitrogens with zero attached hydrogens (tertiary/aromatic N) is 4. The molecule has 0 radical (unpaired) electrons. The molecule has 1 aliphatic rings. The summed E-state index contributed by atoms with van der Waals surface area (Å²) in [5, 5.41) is 12.8. The highest BCUT2D eigenvalue weighted by Crippen LogP contribution is 2.41. The molecule has 1 aliphatic carbocycles. The van der Waals surface area contributed by atoms with Crippen LogP contribution in [0, 0.1) is 6.92 Å². The van der Waals surface area contributed by atoms with Crippen LogP contribution in [0.15, 0.2) is 65.6 Å². The number of carbonyl (C=O) groups is 1. The average Bonchev–Trinajstić information content (AvgIpc) is 3.55. The molecule has 7 heteroatoms. The van der Waals surface area contributed by atoms with Crippen molar-refractivity contribution < 1.29 is 4.79 Å². The van der Waals surface area contributed by atoms with Crippen molar-refractivity contribution in [3.8, 4) is 5.69 Å².